The van der Waals surface area contributed by atoms with Crippen LogP contribution in [0.1, 0.15) is 24.1 Å². The van der Waals surface area contributed by atoms with E-state index < -0.39 is 0 Å². The Morgan fingerprint density at radius 3 is 3.00 bits per heavy atom. The van der Waals surface area contributed by atoms with E-state index in [4.69, 9.17) is 4.52 Å². The molecule has 0 bridgehead atoms. The molecule has 4 heterocycles. The second kappa shape index (κ2) is 9.43. The number of piperidine rings is 1. The maximum atomic E-state index is 12.5. The van der Waals surface area contributed by atoms with E-state index in [0.717, 1.165) is 42.9 Å². The fourth-order valence-electron chi connectivity index (χ4n) is 3.80. The van der Waals surface area contributed by atoms with Crippen molar-refractivity contribution in [2.45, 2.75) is 25.8 Å². The molecule has 2 atom stereocenters. The van der Waals surface area contributed by atoms with Crippen LogP contribution in [0.3, 0.4) is 0 Å². The van der Waals surface area contributed by atoms with Crippen LogP contribution in [0.15, 0.2) is 59.5 Å². The normalized spacial score (nSPS) is 19.0. The van der Waals surface area contributed by atoms with Gasteiger partial charge in [-0.15, -0.1) is 0 Å². The number of rotatable bonds is 7. The summed E-state index contributed by atoms with van der Waals surface area (Å²) in [5.74, 6) is 1.42. The predicted molar refractivity (Wildman–Crippen MR) is 109 cm³/mol. The zero-order chi connectivity index (χ0) is 19.9. The number of hydrogen-bond acceptors (Lipinski definition) is 6. The van der Waals surface area contributed by atoms with E-state index in [1.807, 2.05) is 36.4 Å². The second-order valence-electron chi connectivity index (χ2n) is 7.46. The monoisotopic (exact) mass is 391 g/mol. The molecule has 0 aliphatic carbocycles. The largest absolute Gasteiger partial charge is 0.354 e. The smallest absolute Gasteiger partial charge is 0.220 e. The number of hydrogen-bond donors (Lipinski definition) is 2. The highest BCUT2D eigenvalue weighted by molar-refractivity contribution is 5.76. The fourth-order valence-corrected chi connectivity index (χ4v) is 3.80. The molecule has 0 radical (unpaired) electrons. The Balaban J connectivity index is 1.34. The van der Waals surface area contributed by atoms with E-state index in [1.54, 1.807) is 18.6 Å². The Kier molecular flexibility index (Phi) is 6.26. The molecule has 2 N–H and O–H groups in total. The first-order chi connectivity index (χ1) is 14.3. The summed E-state index contributed by atoms with van der Waals surface area (Å²) in [5.41, 5.74) is 2.69. The van der Waals surface area contributed by atoms with Gasteiger partial charge in [0.15, 0.2) is 5.76 Å². The summed E-state index contributed by atoms with van der Waals surface area (Å²) in [6.45, 7) is 2.33. The van der Waals surface area contributed by atoms with Crippen LogP contribution in [0.25, 0.3) is 11.5 Å². The average molecular weight is 391 g/mol. The highest BCUT2D eigenvalue weighted by Gasteiger charge is 2.28. The summed E-state index contributed by atoms with van der Waals surface area (Å²) < 4.78 is 5.48. The average Bonchev–Trinajstić information content (AvgIpc) is 3.24. The minimum atomic E-state index is 0.0834. The fraction of sp³-hybridized carbons (Fsp3) is 0.364. The molecule has 1 aliphatic heterocycles. The molecule has 3 aromatic rings. The van der Waals surface area contributed by atoms with Crippen LogP contribution >= 0.6 is 0 Å². The molecule has 0 unspecified atom stereocenters. The Labute approximate surface area is 169 Å². The summed E-state index contributed by atoms with van der Waals surface area (Å²) in [4.78, 5) is 20.9. The van der Waals surface area contributed by atoms with Crippen LogP contribution in [-0.2, 0) is 17.8 Å². The summed E-state index contributed by atoms with van der Waals surface area (Å²) in [6, 6.07) is 11.5. The van der Waals surface area contributed by atoms with Crippen LogP contribution in [-0.4, -0.2) is 34.1 Å². The highest BCUT2D eigenvalue weighted by atomic mass is 16.5. The van der Waals surface area contributed by atoms with Crippen molar-refractivity contribution in [1.29, 1.82) is 0 Å². The molecule has 29 heavy (non-hydrogen) atoms. The Bertz CT molecular complexity index is 913. The summed E-state index contributed by atoms with van der Waals surface area (Å²) in [6.07, 6.45) is 7.53. The lowest BCUT2D eigenvalue weighted by Crippen LogP contribution is -2.40. The lowest BCUT2D eigenvalue weighted by molar-refractivity contribution is -0.122. The van der Waals surface area contributed by atoms with Gasteiger partial charge in [0.25, 0.3) is 0 Å². The van der Waals surface area contributed by atoms with Crippen LogP contribution in [0.4, 0.5) is 0 Å². The van der Waals surface area contributed by atoms with Gasteiger partial charge in [0.1, 0.15) is 5.69 Å². The first kappa shape index (κ1) is 19.3. The molecule has 7 nitrogen and oxygen atoms in total. The van der Waals surface area contributed by atoms with Gasteiger partial charge < -0.3 is 15.2 Å². The molecule has 150 valence electrons. The molecule has 1 saturated heterocycles. The minimum Gasteiger partial charge on any atom is -0.354 e. The van der Waals surface area contributed by atoms with E-state index >= 15 is 0 Å². The minimum absolute atomic E-state index is 0.0834. The zero-order valence-electron chi connectivity index (χ0n) is 16.3. The van der Waals surface area contributed by atoms with E-state index in [1.165, 1.54) is 0 Å². The highest BCUT2D eigenvalue weighted by Crippen LogP contribution is 2.27. The third-order valence-corrected chi connectivity index (χ3v) is 5.37. The van der Waals surface area contributed by atoms with Gasteiger partial charge in [0, 0.05) is 37.6 Å². The molecule has 0 aromatic carbocycles. The second-order valence-corrected chi connectivity index (χ2v) is 7.46. The van der Waals surface area contributed by atoms with Gasteiger partial charge in [-0.1, -0.05) is 17.3 Å². The number of amides is 1. The van der Waals surface area contributed by atoms with Crippen molar-refractivity contribution in [1.82, 2.24) is 25.8 Å². The van der Waals surface area contributed by atoms with Crippen LogP contribution in [0, 0.1) is 11.8 Å². The molecule has 4 rings (SSSR count). The molecule has 0 spiro atoms. The molecular weight excluding hydrogens is 366 g/mol. The van der Waals surface area contributed by atoms with Crippen LogP contribution in [0.5, 0.6) is 0 Å². The maximum Gasteiger partial charge on any atom is 0.220 e. The van der Waals surface area contributed by atoms with E-state index in [-0.39, 0.29) is 5.91 Å². The quantitative estimate of drug-likeness (QED) is 0.643. The van der Waals surface area contributed by atoms with E-state index in [2.05, 4.69) is 25.8 Å². The number of carbonyl (C=O) groups excluding carboxylic acids is 1. The van der Waals surface area contributed by atoms with Crippen LogP contribution < -0.4 is 10.6 Å². The molecule has 3 aromatic heterocycles. The molecule has 1 fully saturated rings. The number of nitrogens with zero attached hydrogens (tertiary/aromatic N) is 3. The van der Waals surface area contributed by atoms with Gasteiger partial charge in [-0.2, -0.15) is 0 Å². The van der Waals surface area contributed by atoms with Gasteiger partial charge in [-0.3, -0.25) is 14.8 Å². The SMILES string of the molecule is O=C(C[C@@H]1CCNC[C@H]1Cc1cc(-c2ccccn2)on1)NCc1cccnc1. The lowest BCUT2D eigenvalue weighted by atomic mass is 9.81. The number of nitrogens with one attached hydrogen (secondary N) is 2. The zero-order valence-corrected chi connectivity index (χ0v) is 16.3. The molecule has 1 aliphatic rings. The number of carbonyl (C=O) groups is 1. The van der Waals surface area contributed by atoms with Gasteiger partial charge in [0.05, 0.1) is 5.69 Å². The van der Waals surface area contributed by atoms with Crippen molar-refractivity contribution >= 4 is 5.91 Å². The van der Waals surface area contributed by atoms with Crippen molar-refractivity contribution in [3.05, 3.63) is 66.2 Å². The van der Waals surface area contributed by atoms with Gasteiger partial charge in [-0.05, 0) is 61.5 Å². The van der Waals surface area contributed by atoms with Crippen molar-refractivity contribution < 1.29 is 9.32 Å². The van der Waals surface area contributed by atoms with Crippen molar-refractivity contribution in [3.63, 3.8) is 0 Å². The van der Waals surface area contributed by atoms with Gasteiger partial charge in [-0.25, -0.2) is 0 Å². The first-order valence-corrected chi connectivity index (χ1v) is 10.0. The topological polar surface area (TPSA) is 92.9 Å². The Hall–Kier alpha value is -3.06. The molecule has 7 heteroatoms. The van der Waals surface area contributed by atoms with Gasteiger partial charge in [0.2, 0.25) is 5.91 Å². The van der Waals surface area contributed by atoms with Crippen molar-refractivity contribution in [3.8, 4) is 11.5 Å². The summed E-state index contributed by atoms with van der Waals surface area (Å²) >= 11 is 0. The third-order valence-electron chi connectivity index (χ3n) is 5.37. The Morgan fingerprint density at radius 1 is 1.21 bits per heavy atom. The number of aromatic nitrogens is 3. The van der Waals surface area contributed by atoms with Crippen molar-refractivity contribution in [2.75, 3.05) is 13.1 Å². The molecular formula is C22H25N5O2. The van der Waals surface area contributed by atoms with Gasteiger partial charge >= 0.3 is 0 Å². The Morgan fingerprint density at radius 2 is 2.17 bits per heavy atom. The standard InChI is InChI=1S/C22H25N5O2/c28-22(26-14-16-4-3-7-23-13-16)11-17-6-9-24-15-18(17)10-19-12-21(29-27-19)20-5-1-2-8-25-20/h1-5,7-8,12-13,17-18,24H,6,9-11,14-15H2,(H,26,28)/t17-,18+/m0/s1. The first-order valence-electron chi connectivity index (χ1n) is 10.0. The summed E-state index contributed by atoms with van der Waals surface area (Å²) in [5, 5.41) is 10.7. The summed E-state index contributed by atoms with van der Waals surface area (Å²) in [7, 11) is 0. The van der Waals surface area contributed by atoms with Crippen LogP contribution in [0.2, 0.25) is 0 Å². The lowest BCUT2D eigenvalue weighted by Gasteiger charge is -2.31. The van der Waals surface area contributed by atoms with E-state index in [0.29, 0.717) is 30.6 Å². The third kappa shape index (κ3) is 5.26. The number of pyridine rings is 2. The van der Waals surface area contributed by atoms with Crippen molar-refractivity contribution in [2.24, 2.45) is 11.8 Å². The maximum absolute atomic E-state index is 12.5. The predicted octanol–water partition coefficient (Wildman–Crippen LogP) is 2.61. The molecule has 1 amide bonds. The molecule has 0 saturated carbocycles. The van der Waals surface area contributed by atoms with E-state index in [9.17, 15) is 4.79 Å².